The fraction of sp³-hybridized carbons (Fsp3) is 0.333. The second kappa shape index (κ2) is 8.29. The molecule has 22 heavy (non-hydrogen) atoms. The molecule has 7 heteroatoms. The van der Waals surface area contributed by atoms with Crippen molar-refractivity contribution in [2.75, 3.05) is 0 Å². The Morgan fingerprint density at radius 2 is 2.09 bits per heavy atom. The molecule has 0 aliphatic heterocycles. The molecule has 118 valence electrons. The molecule has 1 heterocycles. The van der Waals surface area contributed by atoms with Crippen LogP contribution in [-0.4, -0.2) is 19.9 Å². The highest BCUT2D eigenvalue weighted by Crippen LogP contribution is 2.42. The quantitative estimate of drug-likeness (QED) is 0.571. The highest BCUT2D eigenvalue weighted by Gasteiger charge is 2.28. The third-order valence-electron chi connectivity index (χ3n) is 3.16. The number of nitrogens with zero attached hydrogens (tertiary/aromatic N) is 2. The highest BCUT2D eigenvalue weighted by atomic mass is 35.5. The molecule has 1 aromatic carbocycles. The molecule has 0 spiro atoms. The molecule has 0 saturated heterocycles. The molecule has 1 aromatic heterocycles. The number of aromatic nitrogens is 2. The van der Waals surface area contributed by atoms with Crippen molar-refractivity contribution < 1.29 is 4.79 Å². The number of hydrogen-bond acceptors (Lipinski definition) is 4. The van der Waals surface area contributed by atoms with Crippen LogP contribution in [0.5, 0.6) is 0 Å². The summed E-state index contributed by atoms with van der Waals surface area (Å²) in [7, 11) is 0. The Labute approximate surface area is 149 Å². The lowest BCUT2D eigenvalue weighted by Crippen LogP contribution is -2.16. The van der Waals surface area contributed by atoms with Crippen LogP contribution in [-0.2, 0) is 4.79 Å². The zero-order valence-electron chi connectivity index (χ0n) is 11.9. The number of rotatable bonds is 6. The van der Waals surface area contributed by atoms with Gasteiger partial charge in [-0.15, -0.1) is 0 Å². The van der Waals surface area contributed by atoms with Crippen molar-refractivity contribution in [3.05, 3.63) is 53.6 Å². The van der Waals surface area contributed by atoms with Crippen LogP contribution in [0, 0.1) is 0 Å². The van der Waals surface area contributed by atoms with Crippen molar-refractivity contribution in [2.45, 2.75) is 29.3 Å². The first-order valence-electron chi connectivity index (χ1n) is 6.78. The van der Waals surface area contributed by atoms with Gasteiger partial charge in [0.15, 0.2) is 0 Å². The topological polar surface area (TPSA) is 34.9 Å². The maximum atomic E-state index is 12.3. The van der Waals surface area contributed by atoms with Gasteiger partial charge in [0.05, 0.1) is 16.8 Å². The number of alkyl halides is 1. The summed E-state index contributed by atoms with van der Waals surface area (Å²) in [6, 6.07) is 7.37. The van der Waals surface area contributed by atoms with E-state index in [1.807, 2.05) is 19.1 Å². The van der Waals surface area contributed by atoms with Crippen LogP contribution in [0.25, 0.3) is 0 Å². The van der Waals surface area contributed by atoms with E-state index in [0.717, 1.165) is 5.56 Å². The number of thioether (sulfide) groups is 1. The summed E-state index contributed by atoms with van der Waals surface area (Å²) in [6.07, 6.45) is 5.77. The molecule has 2 aromatic rings. The summed E-state index contributed by atoms with van der Waals surface area (Å²) in [5, 5.41) is 0.109. The average molecular weight is 375 g/mol. The van der Waals surface area contributed by atoms with E-state index in [1.165, 1.54) is 11.8 Å². The van der Waals surface area contributed by atoms with Crippen molar-refractivity contribution in [3.8, 4) is 0 Å². The fourth-order valence-corrected chi connectivity index (χ4v) is 3.72. The van der Waals surface area contributed by atoms with Crippen LogP contribution in [0.4, 0.5) is 0 Å². The maximum Gasteiger partial charge on any atom is 0.202 e. The molecule has 0 radical (unpaired) electrons. The lowest BCUT2D eigenvalue weighted by molar-refractivity contribution is -0.110. The van der Waals surface area contributed by atoms with Gasteiger partial charge in [-0.3, -0.25) is 4.79 Å². The second-order valence-electron chi connectivity index (χ2n) is 4.72. The second-order valence-corrected chi connectivity index (χ2v) is 7.37. The molecular formula is C15H16Cl2N2OS2. The summed E-state index contributed by atoms with van der Waals surface area (Å²) in [5.74, 6) is 0. The van der Waals surface area contributed by atoms with Crippen LogP contribution in [0.15, 0.2) is 43.0 Å². The van der Waals surface area contributed by atoms with Gasteiger partial charge in [-0.2, -0.15) is 12.6 Å². The Morgan fingerprint density at radius 3 is 2.64 bits per heavy atom. The van der Waals surface area contributed by atoms with Gasteiger partial charge >= 0.3 is 0 Å². The molecule has 0 bridgehead atoms. The number of imidazole rings is 1. The molecule has 2 rings (SSSR count). The number of halogens is 2. The average Bonchev–Trinajstić information content (AvgIpc) is 3.06. The van der Waals surface area contributed by atoms with Crippen molar-refractivity contribution in [3.63, 3.8) is 0 Å². The summed E-state index contributed by atoms with van der Waals surface area (Å²) in [6.45, 7) is 1.93. The molecule has 3 nitrogen and oxygen atoms in total. The normalized spacial score (nSPS) is 15.3. The lowest BCUT2D eigenvalue weighted by atomic mass is 10.1. The fourth-order valence-electron chi connectivity index (χ4n) is 1.88. The summed E-state index contributed by atoms with van der Waals surface area (Å²) >= 11 is 18.0. The van der Waals surface area contributed by atoms with E-state index in [9.17, 15) is 4.79 Å². The van der Waals surface area contributed by atoms with Gasteiger partial charge in [-0.25, -0.2) is 4.98 Å². The van der Waals surface area contributed by atoms with E-state index < -0.39 is 5.50 Å². The lowest BCUT2D eigenvalue weighted by Gasteiger charge is -2.23. The smallest absolute Gasteiger partial charge is 0.202 e. The molecule has 3 atom stereocenters. The van der Waals surface area contributed by atoms with Crippen LogP contribution < -0.4 is 0 Å². The van der Waals surface area contributed by atoms with Gasteiger partial charge in [-0.05, 0) is 24.1 Å². The van der Waals surface area contributed by atoms with Crippen LogP contribution in [0.3, 0.4) is 0 Å². The minimum atomic E-state index is -0.435. The maximum absolute atomic E-state index is 12.3. The Morgan fingerprint density at radius 1 is 1.41 bits per heavy atom. The minimum absolute atomic E-state index is 0.0107. The highest BCUT2D eigenvalue weighted by molar-refractivity contribution is 8.15. The number of carbonyl (C=O) groups is 1. The van der Waals surface area contributed by atoms with Crippen molar-refractivity contribution in [1.82, 2.24) is 9.55 Å². The van der Waals surface area contributed by atoms with Crippen LogP contribution in [0.1, 0.15) is 29.7 Å². The van der Waals surface area contributed by atoms with Gasteiger partial charge in [0, 0.05) is 17.4 Å². The van der Waals surface area contributed by atoms with Crippen LogP contribution in [0.2, 0.25) is 5.02 Å². The van der Waals surface area contributed by atoms with Gasteiger partial charge < -0.3 is 4.57 Å². The number of carbonyl (C=O) groups excluding carboxylic acids is 1. The van der Waals surface area contributed by atoms with E-state index >= 15 is 0 Å². The first-order chi connectivity index (χ1) is 10.5. The Balaban J connectivity index is 2.27. The first kappa shape index (κ1) is 17.7. The molecule has 0 saturated carbocycles. The largest absolute Gasteiger partial charge is 0.319 e. The molecule has 0 fully saturated rings. The number of hydrogen-bond donors (Lipinski definition) is 1. The first-order valence-corrected chi connectivity index (χ1v) is 8.99. The Hall–Kier alpha value is -0.620. The molecule has 0 amide bonds. The predicted octanol–water partition coefficient (Wildman–Crippen LogP) is 4.98. The minimum Gasteiger partial charge on any atom is -0.319 e. The molecule has 0 aliphatic carbocycles. The van der Waals surface area contributed by atoms with Gasteiger partial charge in [0.1, 0.15) is 5.50 Å². The molecular weight excluding hydrogens is 359 g/mol. The third-order valence-corrected chi connectivity index (χ3v) is 6.11. The third kappa shape index (κ3) is 4.44. The van der Waals surface area contributed by atoms with E-state index in [1.54, 1.807) is 35.4 Å². The Bertz CT molecular complexity index is 605. The van der Waals surface area contributed by atoms with Gasteiger partial charge in [0.2, 0.25) is 5.12 Å². The zero-order valence-corrected chi connectivity index (χ0v) is 15.1. The number of thiol groups is 1. The van der Waals surface area contributed by atoms with Crippen molar-refractivity contribution in [2.24, 2.45) is 0 Å². The molecule has 3 unspecified atom stereocenters. The van der Waals surface area contributed by atoms with E-state index in [0.29, 0.717) is 11.4 Å². The van der Waals surface area contributed by atoms with Gasteiger partial charge in [0.25, 0.3) is 0 Å². The van der Waals surface area contributed by atoms with E-state index in [4.69, 9.17) is 23.2 Å². The standard InChI is InChI=1S/C15H16Cl2N2OS2/c1-2-12(21)15(20)22-13(10-3-5-11(16)6-4-10)14(17)19-8-7-18-9-19/h3-9,12-14,21H,2H2,1H3. The van der Waals surface area contributed by atoms with Crippen LogP contribution >= 0.6 is 47.6 Å². The number of benzene rings is 1. The van der Waals surface area contributed by atoms with E-state index in [2.05, 4.69) is 17.6 Å². The Kier molecular flexibility index (Phi) is 6.68. The molecule has 0 N–H and O–H groups in total. The summed E-state index contributed by atoms with van der Waals surface area (Å²) < 4.78 is 1.78. The predicted molar refractivity (Wildman–Crippen MR) is 97.0 cm³/mol. The van der Waals surface area contributed by atoms with Gasteiger partial charge in [-0.1, -0.05) is 54.0 Å². The molecule has 0 aliphatic rings. The van der Waals surface area contributed by atoms with Crippen molar-refractivity contribution >= 4 is 52.7 Å². The van der Waals surface area contributed by atoms with E-state index in [-0.39, 0.29) is 15.6 Å². The van der Waals surface area contributed by atoms with Crippen molar-refractivity contribution in [1.29, 1.82) is 0 Å². The zero-order chi connectivity index (χ0) is 16.1. The SMILES string of the molecule is CCC(S)C(=O)SC(c1ccc(Cl)cc1)C(Cl)n1ccnc1. The monoisotopic (exact) mass is 374 g/mol. The summed E-state index contributed by atoms with van der Waals surface area (Å²) in [5.41, 5.74) is 0.503. The summed E-state index contributed by atoms with van der Waals surface area (Å²) in [4.78, 5) is 16.3.